The van der Waals surface area contributed by atoms with Crippen LogP contribution in [0, 0.1) is 0 Å². The highest BCUT2D eigenvalue weighted by Crippen LogP contribution is 2.35. The van der Waals surface area contributed by atoms with Crippen molar-refractivity contribution in [3.05, 3.63) is 52.5 Å². The van der Waals surface area contributed by atoms with Gasteiger partial charge in [-0.15, -0.1) is 0 Å². The average Bonchev–Trinajstić information content (AvgIpc) is 3.63. The molecule has 1 aromatic heterocycles. The number of rotatable bonds is 19. The van der Waals surface area contributed by atoms with Crippen molar-refractivity contribution >= 4 is 56.6 Å². The Labute approximate surface area is 284 Å². The van der Waals surface area contributed by atoms with Gasteiger partial charge in [-0.05, 0) is 53.7 Å². The Morgan fingerprint density at radius 1 is 0.913 bits per heavy atom. The molecule has 3 aromatic rings. The summed E-state index contributed by atoms with van der Waals surface area (Å²) in [6.07, 6.45) is 16.6. The molecule has 0 N–H and O–H groups in total. The fourth-order valence-corrected chi connectivity index (χ4v) is 7.71. The van der Waals surface area contributed by atoms with Gasteiger partial charge in [0.1, 0.15) is 5.82 Å². The van der Waals surface area contributed by atoms with E-state index in [9.17, 15) is 9.59 Å². The maximum absolute atomic E-state index is 12.8. The van der Waals surface area contributed by atoms with E-state index in [0.29, 0.717) is 17.9 Å². The van der Waals surface area contributed by atoms with Crippen molar-refractivity contribution in [2.45, 2.75) is 103 Å². The second-order valence-electron chi connectivity index (χ2n) is 12.9. The van der Waals surface area contributed by atoms with E-state index < -0.39 is 0 Å². The molecule has 2 aliphatic heterocycles. The molecule has 1 saturated heterocycles. The Morgan fingerprint density at radius 3 is 2.30 bits per heavy atom. The Kier molecular flexibility index (Phi) is 13.6. The number of aromatic nitrogens is 1. The van der Waals surface area contributed by atoms with Crippen LogP contribution < -0.4 is 9.80 Å². The third kappa shape index (κ3) is 9.68. The molecule has 3 heterocycles. The van der Waals surface area contributed by atoms with Crippen LogP contribution in [0.1, 0.15) is 102 Å². The Morgan fingerprint density at radius 2 is 1.59 bits per heavy atom. The fourth-order valence-electron chi connectivity index (χ4n) is 6.66. The van der Waals surface area contributed by atoms with Crippen molar-refractivity contribution < 1.29 is 14.3 Å². The first-order chi connectivity index (χ1) is 22.5. The molecule has 2 aromatic carbocycles. The largest absolute Gasteiger partial charge is 0.444 e. The molecule has 2 aliphatic rings. The first-order valence-electron chi connectivity index (χ1n) is 17.6. The van der Waals surface area contributed by atoms with Gasteiger partial charge in [-0.2, -0.15) is 4.37 Å². The molecule has 0 radical (unpaired) electrons. The highest BCUT2D eigenvalue weighted by Gasteiger charge is 2.29. The van der Waals surface area contributed by atoms with Crippen LogP contribution in [0.4, 0.5) is 11.5 Å². The van der Waals surface area contributed by atoms with Gasteiger partial charge in [0, 0.05) is 49.6 Å². The number of carbonyl (C=O) groups is 2. The Bertz CT molecular complexity index is 1420. The topological polar surface area (TPSA) is 66.0 Å². The molecule has 1 amide bonds. The van der Waals surface area contributed by atoms with Gasteiger partial charge < -0.3 is 9.64 Å². The first-order valence-corrected chi connectivity index (χ1v) is 18.8. The lowest BCUT2D eigenvalue weighted by Gasteiger charge is -2.35. The van der Waals surface area contributed by atoms with Crippen molar-refractivity contribution in [3.8, 4) is 0 Å². The molecule has 0 aliphatic carbocycles. The number of anilines is 2. The minimum Gasteiger partial charge on any atom is -0.444 e. The minimum atomic E-state index is -0.237. The molecule has 1 fully saturated rings. The summed E-state index contributed by atoms with van der Waals surface area (Å²) in [7, 11) is 0. The number of hydrogen-bond acceptors (Lipinski definition) is 7. The lowest BCUT2D eigenvalue weighted by Crippen LogP contribution is -2.47. The van der Waals surface area contributed by atoms with Crippen molar-refractivity contribution in [2.75, 3.05) is 49.3 Å². The van der Waals surface area contributed by atoms with Crippen LogP contribution in [0.2, 0.25) is 5.02 Å². The second kappa shape index (κ2) is 18.0. The van der Waals surface area contributed by atoms with E-state index in [1.807, 2.05) is 6.07 Å². The maximum atomic E-state index is 12.8. The molecule has 0 atom stereocenters. The number of hydrogen-bond donors (Lipinski definition) is 0. The molecule has 5 rings (SSSR count). The van der Waals surface area contributed by atoms with Crippen LogP contribution >= 0.6 is 23.1 Å². The lowest BCUT2D eigenvalue weighted by molar-refractivity contribution is -0.144. The lowest BCUT2D eigenvalue weighted by atomic mass is 10.0. The summed E-state index contributed by atoms with van der Waals surface area (Å²) in [5, 5.41) is 1.90. The number of unbranched alkanes of at least 4 members (excludes halogenated alkanes) is 11. The highest BCUT2D eigenvalue weighted by atomic mass is 35.5. The summed E-state index contributed by atoms with van der Waals surface area (Å²) >= 11 is 8.30. The molecular weight excluding hydrogens is 616 g/mol. The number of piperazine rings is 1. The average molecular weight is 667 g/mol. The van der Waals surface area contributed by atoms with Gasteiger partial charge in [-0.3, -0.25) is 19.4 Å². The number of ether oxygens (including phenoxy) is 1. The van der Waals surface area contributed by atoms with E-state index in [4.69, 9.17) is 20.7 Å². The predicted molar refractivity (Wildman–Crippen MR) is 191 cm³/mol. The normalized spacial score (nSPS) is 15.2. The molecule has 0 bridgehead atoms. The highest BCUT2D eigenvalue weighted by molar-refractivity contribution is 7.13. The van der Waals surface area contributed by atoms with Crippen molar-refractivity contribution in [1.82, 2.24) is 9.27 Å². The van der Waals surface area contributed by atoms with E-state index in [1.54, 1.807) is 16.4 Å². The summed E-state index contributed by atoms with van der Waals surface area (Å²) < 4.78 is 11.5. The van der Waals surface area contributed by atoms with Crippen LogP contribution in [-0.4, -0.2) is 60.6 Å². The molecule has 250 valence electrons. The molecule has 7 nitrogen and oxygen atoms in total. The third-order valence-corrected chi connectivity index (χ3v) is 10.7. The minimum absolute atomic E-state index is 0.0445. The predicted octanol–water partition coefficient (Wildman–Crippen LogP) is 8.80. The van der Waals surface area contributed by atoms with E-state index in [1.165, 1.54) is 74.3 Å². The number of benzene rings is 2. The molecule has 46 heavy (non-hydrogen) atoms. The molecule has 0 spiro atoms. The van der Waals surface area contributed by atoms with Crippen molar-refractivity contribution in [3.63, 3.8) is 0 Å². The zero-order chi connectivity index (χ0) is 32.1. The van der Waals surface area contributed by atoms with E-state index in [0.717, 1.165) is 74.6 Å². The summed E-state index contributed by atoms with van der Waals surface area (Å²) in [6, 6.07) is 12.4. The van der Waals surface area contributed by atoms with E-state index >= 15 is 0 Å². The van der Waals surface area contributed by atoms with Crippen molar-refractivity contribution in [2.24, 2.45) is 0 Å². The zero-order valence-corrected chi connectivity index (χ0v) is 29.2. The second-order valence-corrected chi connectivity index (χ2v) is 14.1. The third-order valence-electron chi connectivity index (χ3n) is 9.50. The molecule has 0 unspecified atom stereocenters. The van der Waals surface area contributed by atoms with Crippen LogP contribution in [-0.2, 0) is 27.2 Å². The first kappa shape index (κ1) is 34.6. The molecular formula is C37H51ClN4O3S. The maximum Gasteiger partial charge on any atom is 0.307 e. The quantitative estimate of drug-likeness (QED) is 0.0941. The monoisotopic (exact) mass is 666 g/mol. The van der Waals surface area contributed by atoms with Gasteiger partial charge in [0.25, 0.3) is 0 Å². The van der Waals surface area contributed by atoms with Crippen molar-refractivity contribution in [1.29, 1.82) is 0 Å². The smallest absolute Gasteiger partial charge is 0.307 e. The number of esters is 1. The fraction of sp³-hybridized carbons (Fsp3) is 0.595. The van der Waals surface area contributed by atoms with E-state index in [-0.39, 0.29) is 18.6 Å². The number of halogens is 1. The number of carbonyl (C=O) groups excluding carboxylic acids is 2. The number of nitrogens with zero attached hydrogens (tertiary/aromatic N) is 4. The summed E-state index contributed by atoms with van der Waals surface area (Å²) in [4.78, 5) is 31.7. The number of amides is 1. The van der Waals surface area contributed by atoms with Crippen LogP contribution in [0.5, 0.6) is 0 Å². The van der Waals surface area contributed by atoms with Crippen LogP contribution in [0.15, 0.2) is 36.4 Å². The number of fused-ring (bicyclic) bond motifs is 2. The van der Waals surface area contributed by atoms with Crippen LogP contribution in [0.25, 0.3) is 10.1 Å². The summed E-state index contributed by atoms with van der Waals surface area (Å²) in [5.74, 6) is 0.817. The van der Waals surface area contributed by atoms with Gasteiger partial charge in [-0.1, -0.05) is 107 Å². The molecule has 9 heteroatoms. The SMILES string of the molecule is CCCCCCCCCCCCCCC(=O)OCN1C(=O)Cc2cc(CCN3CCN(c4nsc5ccccc45)CC3)c(Cl)cc21. The standard InChI is InChI=1S/C37H51ClN4O3S/c1-2-3-4-5-6-7-8-9-10-11-12-13-18-36(44)45-28-42-33-27-32(38)29(25-30(33)26-35(42)43)19-20-40-21-23-41(24-22-40)37-31-16-14-15-17-34(31)46-39-37/h14-17,25,27H,2-13,18-24,26,28H2,1H3. The van der Waals surface area contributed by atoms with Gasteiger partial charge in [0.15, 0.2) is 6.73 Å². The molecule has 0 saturated carbocycles. The summed E-state index contributed by atoms with van der Waals surface area (Å²) in [5.41, 5.74) is 2.79. The van der Waals surface area contributed by atoms with Gasteiger partial charge in [-0.25, -0.2) is 0 Å². The Balaban J connectivity index is 0.981. The van der Waals surface area contributed by atoms with Crippen LogP contribution in [0.3, 0.4) is 0 Å². The zero-order valence-electron chi connectivity index (χ0n) is 27.6. The van der Waals surface area contributed by atoms with Gasteiger partial charge in [0.05, 0.1) is 16.8 Å². The Hall–Kier alpha value is -2.68. The van der Waals surface area contributed by atoms with E-state index in [2.05, 4.69) is 47.1 Å². The van der Waals surface area contributed by atoms with Gasteiger partial charge >= 0.3 is 5.97 Å². The summed E-state index contributed by atoms with van der Waals surface area (Å²) in [6.45, 7) is 6.99. The van der Waals surface area contributed by atoms with Gasteiger partial charge in [0.2, 0.25) is 5.91 Å².